The van der Waals surface area contributed by atoms with Crippen LogP contribution < -0.4 is 0 Å². The van der Waals surface area contributed by atoms with Gasteiger partial charge in [0.15, 0.2) is 0 Å². The molecule has 0 aliphatic heterocycles. The summed E-state index contributed by atoms with van der Waals surface area (Å²) in [5, 5.41) is 9.68. The molecule has 2 aromatic heterocycles. The molecular weight excluding hydrogens is 378 g/mol. The maximum atomic E-state index is 5.16. The molecule has 4 aromatic carbocycles. The summed E-state index contributed by atoms with van der Waals surface area (Å²) in [6.45, 7) is 2.78. The van der Waals surface area contributed by atoms with Crippen LogP contribution in [0.5, 0.6) is 0 Å². The molecule has 0 aliphatic rings. The van der Waals surface area contributed by atoms with Crippen LogP contribution in [0.2, 0.25) is 0 Å². The van der Waals surface area contributed by atoms with E-state index < -0.39 is 0 Å². The van der Waals surface area contributed by atoms with Crippen LogP contribution in [0.1, 0.15) is 11.3 Å². The highest BCUT2D eigenvalue weighted by Gasteiger charge is 2.17. The van der Waals surface area contributed by atoms with Crippen molar-refractivity contribution in [2.45, 2.75) is 13.5 Å². The fourth-order valence-electron chi connectivity index (χ4n) is 4.47. The van der Waals surface area contributed by atoms with Gasteiger partial charge in [0.1, 0.15) is 5.52 Å². The third-order valence-corrected chi connectivity index (χ3v) is 5.95. The Labute approximate surface area is 180 Å². The number of hydrogen-bond donors (Lipinski definition) is 0. The lowest BCUT2D eigenvalue weighted by Gasteiger charge is -2.11. The van der Waals surface area contributed by atoms with Gasteiger partial charge in [0.25, 0.3) is 0 Å². The zero-order valence-corrected chi connectivity index (χ0v) is 17.3. The van der Waals surface area contributed by atoms with E-state index in [4.69, 9.17) is 10.1 Å². The van der Waals surface area contributed by atoms with E-state index in [9.17, 15) is 0 Å². The monoisotopic (exact) mass is 399 g/mol. The zero-order valence-electron chi connectivity index (χ0n) is 17.3. The molecule has 3 heteroatoms. The molecule has 0 bridgehead atoms. The fraction of sp³-hybridized carbons (Fsp3) is 0.0714. The van der Waals surface area contributed by atoms with E-state index in [0.717, 1.165) is 39.9 Å². The summed E-state index contributed by atoms with van der Waals surface area (Å²) in [6, 6.07) is 34.1. The highest BCUT2D eigenvalue weighted by atomic mass is 15.3. The van der Waals surface area contributed by atoms with Gasteiger partial charge in [-0.25, -0.2) is 4.98 Å². The molecule has 6 aromatic rings. The van der Waals surface area contributed by atoms with E-state index in [2.05, 4.69) is 103 Å². The minimum Gasteiger partial charge on any atom is -0.258 e. The largest absolute Gasteiger partial charge is 0.258 e. The van der Waals surface area contributed by atoms with Crippen LogP contribution in [0, 0.1) is 6.92 Å². The molecule has 2 heterocycles. The minimum absolute atomic E-state index is 0.728. The van der Waals surface area contributed by atoms with E-state index in [1.54, 1.807) is 0 Å². The molecule has 0 N–H and O–H groups in total. The Morgan fingerprint density at radius 3 is 2.26 bits per heavy atom. The Morgan fingerprint density at radius 2 is 1.42 bits per heavy atom. The van der Waals surface area contributed by atoms with Gasteiger partial charge < -0.3 is 0 Å². The molecular formula is C28H21N3. The average molecular weight is 399 g/mol. The van der Waals surface area contributed by atoms with Crippen LogP contribution in [0.15, 0.2) is 97.1 Å². The number of aromatic nitrogens is 3. The quantitative estimate of drug-likeness (QED) is 0.329. The molecule has 0 aliphatic carbocycles. The first-order chi connectivity index (χ1) is 15.3. The van der Waals surface area contributed by atoms with Crippen molar-refractivity contribution in [1.82, 2.24) is 14.8 Å². The van der Waals surface area contributed by atoms with Crippen LogP contribution in [0.25, 0.3) is 43.8 Å². The molecule has 0 atom stereocenters. The van der Waals surface area contributed by atoms with Gasteiger partial charge in [-0.1, -0.05) is 91.0 Å². The highest BCUT2D eigenvalue weighted by Crippen LogP contribution is 2.34. The van der Waals surface area contributed by atoms with Gasteiger partial charge in [0.05, 0.1) is 23.4 Å². The van der Waals surface area contributed by atoms with Gasteiger partial charge in [-0.15, -0.1) is 0 Å². The second-order valence-electron chi connectivity index (χ2n) is 7.99. The standard InChI is InChI=1S/C28H21N3/c1-19-26-28(31(30-19)18-20-9-3-2-4-10-20)25-14-8-7-13-24(25)27(29-26)23-16-15-21-11-5-6-12-22(21)17-23/h2-17H,18H2,1H3. The second-order valence-corrected chi connectivity index (χ2v) is 7.99. The number of pyridine rings is 1. The van der Waals surface area contributed by atoms with Crippen molar-refractivity contribution in [3.8, 4) is 11.3 Å². The molecule has 0 unspecified atom stereocenters. The van der Waals surface area contributed by atoms with Gasteiger partial charge in [-0.2, -0.15) is 5.10 Å². The van der Waals surface area contributed by atoms with Crippen LogP contribution >= 0.6 is 0 Å². The summed E-state index contributed by atoms with van der Waals surface area (Å²) in [7, 11) is 0. The summed E-state index contributed by atoms with van der Waals surface area (Å²) in [4.78, 5) is 5.16. The summed E-state index contributed by atoms with van der Waals surface area (Å²) in [6.07, 6.45) is 0. The molecule has 31 heavy (non-hydrogen) atoms. The predicted octanol–water partition coefficient (Wildman–Crippen LogP) is 6.76. The third kappa shape index (κ3) is 2.98. The Bertz CT molecular complexity index is 1560. The number of benzene rings is 4. The van der Waals surface area contributed by atoms with E-state index >= 15 is 0 Å². The Hall–Kier alpha value is -3.98. The molecule has 148 valence electrons. The number of fused-ring (bicyclic) bond motifs is 4. The SMILES string of the molecule is Cc1nn(Cc2ccccc2)c2c1nc(-c1ccc3ccccc3c1)c1ccccc12. The highest BCUT2D eigenvalue weighted by molar-refractivity contribution is 6.10. The maximum absolute atomic E-state index is 5.16. The zero-order chi connectivity index (χ0) is 20.8. The van der Waals surface area contributed by atoms with E-state index in [-0.39, 0.29) is 0 Å². The fourth-order valence-corrected chi connectivity index (χ4v) is 4.47. The van der Waals surface area contributed by atoms with E-state index in [0.29, 0.717) is 0 Å². The first-order valence-corrected chi connectivity index (χ1v) is 10.6. The maximum Gasteiger partial charge on any atom is 0.113 e. The molecule has 0 spiro atoms. The Morgan fingerprint density at radius 1 is 0.710 bits per heavy atom. The molecule has 3 nitrogen and oxygen atoms in total. The van der Waals surface area contributed by atoms with Crippen molar-refractivity contribution < 1.29 is 0 Å². The van der Waals surface area contributed by atoms with Gasteiger partial charge in [0, 0.05) is 16.3 Å². The first-order valence-electron chi connectivity index (χ1n) is 10.6. The molecule has 6 rings (SSSR count). The topological polar surface area (TPSA) is 30.7 Å². The average Bonchev–Trinajstić information content (AvgIpc) is 3.14. The minimum atomic E-state index is 0.728. The van der Waals surface area contributed by atoms with Gasteiger partial charge in [-0.3, -0.25) is 4.68 Å². The molecule has 0 radical (unpaired) electrons. The van der Waals surface area contributed by atoms with Crippen molar-refractivity contribution >= 4 is 32.6 Å². The third-order valence-electron chi connectivity index (χ3n) is 5.95. The van der Waals surface area contributed by atoms with Gasteiger partial charge in [-0.05, 0) is 29.3 Å². The number of hydrogen-bond acceptors (Lipinski definition) is 2. The lowest BCUT2D eigenvalue weighted by Crippen LogP contribution is -2.02. The predicted molar refractivity (Wildman–Crippen MR) is 128 cm³/mol. The van der Waals surface area contributed by atoms with E-state index in [1.807, 2.05) is 6.07 Å². The molecule has 0 saturated carbocycles. The van der Waals surface area contributed by atoms with Crippen molar-refractivity contribution in [1.29, 1.82) is 0 Å². The van der Waals surface area contributed by atoms with Gasteiger partial charge in [0.2, 0.25) is 0 Å². The van der Waals surface area contributed by atoms with Crippen LogP contribution in [-0.2, 0) is 6.54 Å². The van der Waals surface area contributed by atoms with Crippen LogP contribution in [0.4, 0.5) is 0 Å². The Balaban J connectivity index is 1.62. The summed E-state index contributed by atoms with van der Waals surface area (Å²) < 4.78 is 2.10. The number of rotatable bonds is 3. The molecule has 0 fully saturated rings. The smallest absolute Gasteiger partial charge is 0.113 e. The lowest BCUT2D eigenvalue weighted by atomic mass is 9.99. The van der Waals surface area contributed by atoms with Crippen molar-refractivity contribution in [3.63, 3.8) is 0 Å². The summed E-state index contributed by atoms with van der Waals surface area (Å²) in [5.74, 6) is 0. The normalized spacial score (nSPS) is 11.5. The van der Waals surface area contributed by atoms with Crippen LogP contribution in [0.3, 0.4) is 0 Å². The second kappa shape index (κ2) is 7.06. The Kier molecular flexibility index (Phi) is 4.07. The molecule has 0 amide bonds. The lowest BCUT2D eigenvalue weighted by molar-refractivity contribution is 0.705. The molecule has 0 saturated heterocycles. The summed E-state index contributed by atoms with van der Waals surface area (Å²) in [5.41, 5.74) is 6.40. The van der Waals surface area contributed by atoms with E-state index in [1.165, 1.54) is 21.7 Å². The number of aryl methyl sites for hydroxylation is 1. The van der Waals surface area contributed by atoms with Crippen molar-refractivity contribution in [2.75, 3.05) is 0 Å². The van der Waals surface area contributed by atoms with Crippen LogP contribution in [-0.4, -0.2) is 14.8 Å². The van der Waals surface area contributed by atoms with Crippen molar-refractivity contribution in [2.24, 2.45) is 0 Å². The number of nitrogens with zero attached hydrogens (tertiary/aromatic N) is 3. The first kappa shape index (κ1) is 17.8. The van der Waals surface area contributed by atoms with Crippen molar-refractivity contribution in [3.05, 3.63) is 108 Å². The summed E-state index contributed by atoms with van der Waals surface area (Å²) >= 11 is 0. The van der Waals surface area contributed by atoms with Gasteiger partial charge >= 0.3 is 0 Å².